The molecule has 2 aliphatic rings. The summed E-state index contributed by atoms with van der Waals surface area (Å²) in [7, 11) is 1.65. The molecule has 2 aromatic rings. The third-order valence-corrected chi connectivity index (χ3v) is 5.56. The zero-order chi connectivity index (χ0) is 18.1. The molecule has 1 aliphatic carbocycles. The van der Waals surface area contributed by atoms with Gasteiger partial charge >= 0.3 is 5.97 Å². The number of rotatable bonds is 6. The van der Waals surface area contributed by atoms with Crippen molar-refractivity contribution < 1.29 is 14.3 Å². The lowest BCUT2D eigenvalue weighted by atomic mass is 10.1. The number of hydrogen-bond donors (Lipinski definition) is 0. The van der Waals surface area contributed by atoms with Crippen LogP contribution in [0.4, 0.5) is 0 Å². The molecule has 6 nitrogen and oxygen atoms in total. The third-order valence-electron chi connectivity index (χ3n) is 5.56. The highest BCUT2D eigenvalue weighted by atomic mass is 16.5. The maximum atomic E-state index is 12.4. The van der Waals surface area contributed by atoms with Crippen LogP contribution in [0.3, 0.4) is 0 Å². The van der Waals surface area contributed by atoms with Crippen molar-refractivity contribution in [2.24, 2.45) is 5.92 Å². The Kier molecular flexibility index (Phi) is 4.68. The van der Waals surface area contributed by atoms with Gasteiger partial charge in [-0.3, -0.25) is 4.90 Å². The van der Waals surface area contributed by atoms with Crippen molar-refractivity contribution in [1.29, 1.82) is 0 Å². The number of aromatic nitrogens is 2. The molecule has 138 valence electrons. The molecule has 26 heavy (non-hydrogen) atoms. The summed E-state index contributed by atoms with van der Waals surface area (Å²) in [6.07, 6.45) is 5.51. The van der Waals surface area contributed by atoms with Gasteiger partial charge in [-0.1, -0.05) is 0 Å². The number of esters is 1. The maximum absolute atomic E-state index is 12.4. The van der Waals surface area contributed by atoms with Gasteiger partial charge in [0, 0.05) is 19.1 Å². The topological polar surface area (TPSA) is 56.6 Å². The van der Waals surface area contributed by atoms with Gasteiger partial charge in [-0.2, -0.15) is 5.10 Å². The monoisotopic (exact) mass is 355 g/mol. The fourth-order valence-corrected chi connectivity index (χ4v) is 4.26. The lowest BCUT2D eigenvalue weighted by molar-refractivity contribution is 0.0523. The van der Waals surface area contributed by atoms with Crippen molar-refractivity contribution in [3.63, 3.8) is 0 Å². The summed E-state index contributed by atoms with van der Waals surface area (Å²) in [6.45, 7) is 4.02. The van der Waals surface area contributed by atoms with E-state index in [0.29, 0.717) is 18.2 Å². The van der Waals surface area contributed by atoms with E-state index in [0.717, 1.165) is 36.1 Å². The fourth-order valence-electron chi connectivity index (χ4n) is 4.26. The van der Waals surface area contributed by atoms with E-state index in [1.165, 1.54) is 19.3 Å². The maximum Gasteiger partial charge on any atom is 0.341 e. The first-order valence-corrected chi connectivity index (χ1v) is 9.32. The van der Waals surface area contributed by atoms with Gasteiger partial charge in [0.25, 0.3) is 0 Å². The number of hydrogen-bond acceptors (Lipinski definition) is 5. The Hall–Kier alpha value is -2.34. The first-order chi connectivity index (χ1) is 12.7. The van der Waals surface area contributed by atoms with Crippen molar-refractivity contribution in [2.45, 2.75) is 38.8 Å². The molecule has 6 heteroatoms. The minimum absolute atomic E-state index is 0.299. The lowest BCUT2D eigenvalue weighted by Gasteiger charge is -2.27. The molecule has 1 aromatic heterocycles. The highest BCUT2D eigenvalue weighted by Crippen LogP contribution is 2.38. The summed E-state index contributed by atoms with van der Waals surface area (Å²) in [6, 6.07) is 8.36. The molecule has 1 aromatic carbocycles. The van der Waals surface area contributed by atoms with Gasteiger partial charge in [0.15, 0.2) is 0 Å². The number of carbonyl (C=O) groups excluding carboxylic acids is 1. The van der Waals surface area contributed by atoms with E-state index >= 15 is 0 Å². The van der Waals surface area contributed by atoms with Crippen LogP contribution in [-0.2, 0) is 11.3 Å². The molecule has 2 fully saturated rings. The second kappa shape index (κ2) is 7.11. The fraction of sp³-hybridized carbons (Fsp3) is 0.500. The standard InChI is InChI=1S/C20H25N3O3/c1-3-26-20(24)18-11-21-23(15-6-8-17(25-2)9-7-15)19(18)13-22-12-14-4-5-16(22)10-14/h6-9,11,14,16H,3-5,10,12-13H2,1-2H3/t14-,16+/m0/s1. The minimum Gasteiger partial charge on any atom is -0.497 e. The molecule has 0 spiro atoms. The molecular formula is C20H25N3O3. The van der Waals surface area contributed by atoms with Gasteiger partial charge in [-0.05, 0) is 56.4 Å². The minimum atomic E-state index is -0.299. The Bertz CT molecular complexity index is 784. The summed E-state index contributed by atoms with van der Waals surface area (Å²) < 4.78 is 12.3. The molecule has 4 rings (SSSR count). The van der Waals surface area contributed by atoms with Crippen molar-refractivity contribution in [1.82, 2.24) is 14.7 Å². The van der Waals surface area contributed by atoms with E-state index in [9.17, 15) is 4.79 Å². The highest BCUT2D eigenvalue weighted by Gasteiger charge is 2.38. The van der Waals surface area contributed by atoms with Gasteiger partial charge in [-0.25, -0.2) is 9.48 Å². The van der Waals surface area contributed by atoms with Gasteiger partial charge in [0.1, 0.15) is 11.3 Å². The number of methoxy groups -OCH3 is 1. The summed E-state index contributed by atoms with van der Waals surface area (Å²) in [5.41, 5.74) is 2.38. The zero-order valence-corrected chi connectivity index (χ0v) is 15.4. The third kappa shape index (κ3) is 3.09. The number of carbonyl (C=O) groups is 1. The van der Waals surface area contributed by atoms with Crippen LogP contribution in [-0.4, -0.2) is 47.0 Å². The van der Waals surface area contributed by atoms with Crippen molar-refractivity contribution in [3.8, 4) is 11.4 Å². The zero-order valence-electron chi connectivity index (χ0n) is 15.4. The Labute approximate surface area is 153 Å². The Morgan fingerprint density at radius 1 is 1.27 bits per heavy atom. The van der Waals surface area contributed by atoms with Crippen LogP contribution < -0.4 is 4.74 Å². The normalized spacial score (nSPS) is 21.9. The molecule has 2 heterocycles. The number of ether oxygens (including phenoxy) is 2. The van der Waals surface area contributed by atoms with Crippen LogP contribution in [0.25, 0.3) is 5.69 Å². The molecule has 1 aliphatic heterocycles. The Morgan fingerprint density at radius 2 is 2.08 bits per heavy atom. The van der Waals surface area contributed by atoms with Crippen molar-refractivity contribution in [2.75, 3.05) is 20.3 Å². The molecule has 0 amide bonds. The Balaban J connectivity index is 1.67. The average Bonchev–Trinajstić information content (AvgIpc) is 3.38. The van der Waals surface area contributed by atoms with Gasteiger partial charge in [-0.15, -0.1) is 0 Å². The quantitative estimate of drug-likeness (QED) is 0.746. The first-order valence-electron chi connectivity index (χ1n) is 9.32. The number of likely N-dealkylation sites (tertiary alicyclic amines) is 1. The van der Waals surface area contributed by atoms with Crippen LogP contribution in [0, 0.1) is 5.92 Å². The van der Waals surface area contributed by atoms with E-state index in [1.54, 1.807) is 13.3 Å². The predicted octanol–water partition coefficient (Wildman–Crippen LogP) is 3.04. The molecular weight excluding hydrogens is 330 g/mol. The first kappa shape index (κ1) is 17.1. The van der Waals surface area contributed by atoms with Gasteiger partial charge < -0.3 is 9.47 Å². The van der Waals surface area contributed by atoms with Crippen LogP contribution in [0.15, 0.2) is 30.5 Å². The number of piperidine rings is 1. The number of fused-ring (bicyclic) bond motifs is 2. The van der Waals surface area contributed by atoms with E-state index in [1.807, 2.05) is 35.9 Å². The smallest absolute Gasteiger partial charge is 0.341 e. The summed E-state index contributed by atoms with van der Waals surface area (Å²) in [4.78, 5) is 14.9. The molecule has 2 bridgehead atoms. The molecule has 0 N–H and O–H groups in total. The van der Waals surface area contributed by atoms with E-state index in [2.05, 4.69) is 10.00 Å². The van der Waals surface area contributed by atoms with Gasteiger partial charge in [0.2, 0.25) is 0 Å². The van der Waals surface area contributed by atoms with Crippen LogP contribution >= 0.6 is 0 Å². The van der Waals surface area contributed by atoms with Crippen LogP contribution in [0.5, 0.6) is 5.75 Å². The average molecular weight is 355 g/mol. The number of benzene rings is 1. The molecule has 0 unspecified atom stereocenters. The Morgan fingerprint density at radius 3 is 2.69 bits per heavy atom. The summed E-state index contributed by atoms with van der Waals surface area (Å²) >= 11 is 0. The largest absolute Gasteiger partial charge is 0.497 e. The van der Waals surface area contributed by atoms with Crippen LogP contribution in [0.1, 0.15) is 42.2 Å². The van der Waals surface area contributed by atoms with Crippen molar-refractivity contribution >= 4 is 5.97 Å². The predicted molar refractivity (Wildman–Crippen MR) is 97.6 cm³/mol. The lowest BCUT2D eigenvalue weighted by Crippen LogP contribution is -2.33. The number of nitrogens with zero attached hydrogens (tertiary/aromatic N) is 3. The van der Waals surface area contributed by atoms with Gasteiger partial charge in [0.05, 0.1) is 31.3 Å². The summed E-state index contributed by atoms with van der Waals surface area (Å²) in [5, 5.41) is 4.50. The van der Waals surface area contributed by atoms with E-state index in [4.69, 9.17) is 9.47 Å². The van der Waals surface area contributed by atoms with E-state index in [-0.39, 0.29) is 5.97 Å². The SMILES string of the molecule is CCOC(=O)c1cnn(-c2ccc(OC)cc2)c1CN1C[C@H]2CC[C@@H]1C2. The molecule has 0 radical (unpaired) electrons. The van der Waals surface area contributed by atoms with Crippen molar-refractivity contribution in [3.05, 3.63) is 41.7 Å². The second-order valence-electron chi connectivity index (χ2n) is 7.10. The molecule has 1 saturated carbocycles. The second-order valence-corrected chi connectivity index (χ2v) is 7.10. The van der Waals surface area contributed by atoms with Crippen LogP contribution in [0.2, 0.25) is 0 Å². The van der Waals surface area contributed by atoms with E-state index < -0.39 is 0 Å². The highest BCUT2D eigenvalue weighted by molar-refractivity contribution is 5.90. The molecule has 2 atom stereocenters. The summed E-state index contributed by atoms with van der Waals surface area (Å²) in [5.74, 6) is 1.31. The molecule has 1 saturated heterocycles.